The molecule has 2 aromatic carbocycles. The SMILES string of the molecule is COc1cccc2c1OC1(CCN(Cc3ccnc4ccccc34)CC1)[C@H]1CCCO[C@H]21. The Kier molecular flexibility index (Phi) is 5.04. The van der Waals surface area contributed by atoms with Crippen LogP contribution in [-0.4, -0.2) is 42.3 Å². The average molecular weight is 431 g/mol. The van der Waals surface area contributed by atoms with Gasteiger partial charge in [0.15, 0.2) is 11.5 Å². The number of piperidine rings is 1. The molecule has 0 N–H and O–H groups in total. The normalized spacial score (nSPS) is 24.5. The van der Waals surface area contributed by atoms with Gasteiger partial charge in [0.05, 0.1) is 18.7 Å². The molecule has 0 radical (unpaired) electrons. The maximum absolute atomic E-state index is 6.88. The minimum absolute atomic E-state index is 0.110. The van der Waals surface area contributed by atoms with Gasteiger partial charge in [-0.1, -0.05) is 30.3 Å². The number of pyridine rings is 1. The summed E-state index contributed by atoms with van der Waals surface area (Å²) in [5.74, 6) is 2.12. The van der Waals surface area contributed by atoms with E-state index in [0.717, 1.165) is 74.5 Å². The molecule has 0 bridgehead atoms. The van der Waals surface area contributed by atoms with Crippen molar-refractivity contribution in [3.05, 3.63) is 65.9 Å². The van der Waals surface area contributed by atoms with Gasteiger partial charge in [0.1, 0.15) is 5.60 Å². The van der Waals surface area contributed by atoms with Crippen LogP contribution in [0.5, 0.6) is 11.5 Å². The van der Waals surface area contributed by atoms with Gasteiger partial charge in [-0.3, -0.25) is 9.88 Å². The fourth-order valence-corrected chi connectivity index (χ4v) is 6.03. The summed E-state index contributed by atoms with van der Waals surface area (Å²) in [6.45, 7) is 3.81. The lowest BCUT2D eigenvalue weighted by molar-refractivity contribution is -0.150. The van der Waals surface area contributed by atoms with E-state index in [1.807, 2.05) is 12.3 Å². The second-order valence-electron chi connectivity index (χ2n) is 9.35. The molecule has 5 nitrogen and oxygen atoms in total. The number of hydrogen-bond acceptors (Lipinski definition) is 5. The van der Waals surface area contributed by atoms with E-state index in [1.165, 1.54) is 10.9 Å². The molecule has 2 saturated heterocycles. The molecule has 6 rings (SSSR count). The minimum Gasteiger partial charge on any atom is -0.493 e. The Balaban J connectivity index is 1.26. The van der Waals surface area contributed by atoms with Gasteiger partial charge in [0.2, 0.25) is 0 Å². The molecule has 0 unspecified atom stereocenters. The molecule has 2 fully saturated rings. The Bertz CT molecular complexity index is 1120. The fraction of sp³-hybridized carbons (Fsp3) is 0.444. The first-order valence-corrected chi connectivity index (χ1v) is 11.8. The van der Waals surface area contributed by atoms with Gasteiger partial charge in [0.25, 0.3) is 0 Å². The molecule has 0 amide bonds. The molecule has 2 atom stereocenters. The zero-order chi connectivity index (χ0) is 21.5. The summed E-state index contributed by atoms with van der Waals surface area (Å²) in [7, 11) is 1.72. The third-order valence-electron chi connectivity index (χ3n) is 7.67. The van der Waals surface area contributed by atoms with E-state index in [0.29, 0.717) is 5.92 Å². The quantitative estimate of drug-likeness (QED) is 0.576. The van der Waals surface area contributed by atoms with Crippen molar-refractivity contribution in [2.75, 3.05) is 26.8 Å². The standard InChI is InChI=1S/C27H30N2O3/c1-30-24-10-4-7-21-25-22(8-5-17-31-25)27(32-26(21)24)12-15-29(16-13-27)18-19-11-14-28-23-9-3-2-6-20(19)23/h2-4,6-7,9-11,14,22,25H,5,8,12-13,15-18H2,1H3/t22-,25+/m0/s1. The highest BCUT2D eigenvalue weighted by Gasteiger charge is 2.53. The Morgan fingerprint density at radius 1 is 1.09 bits per heavy atom. The molecule has 3 aromatic rings. The predicted octanol–water partition coefficient (Wildman–Crippen LogP) is 5.14. The van der Waals surface area contributed by atoms with Crippen molar-refractivity contribution in [2.45, 2.75) is 43.9 Å². The third kappa shape index (κ3) is 3.26. The Labute approximate surface area is 189 Å². The number of likely N-dealkylation sites (tertiary alicyclic amines) is 1. The number of methoxy groups -OCH3 is 1. The zero-order valence-corrected chi connectivity index (χ0v) is 18.6. The maximum Gasteiger partial charge on any atom is 0.167 e. The van der Waals surface area contributed by atoms with Crippen molar-refractivity contribution in [2.24, 2.45) is 5.92 Å². The monoisotopic (exact) mass is 430 g/mol. The molecular formula is C27H30N2O3. The first kappa shape index (κ1) is 20.0. The fourth-order valence-electron chi connectivity index (χ4n) is 6.03. The number of rotatable bonds is 3. The Morgan fingerprint density at radius 2 is 1.97 bits per heavy atom. The van der Waals surface area contributed by atoms with Crippen molar-refractivity contribution < 1.29 is 14.2 Å². The molecule has 0 saturated carbocycles. The van der Waals surface area contributed by atoms with Crippen LogP contribution in [0, 0.1) is 5.92 Å². The summed E-state index contributed by atoms with van der Waals surface area (Å²) < 4.78 is 18.9. The number of nitrogens with zero attached hydrogens (tertiary/aromatic N) is 2. The van der Waals surface area contributed by atoms with E-state index >= 15 is 0 Å². The predicted molar refractivity (Wildman–Crippen MR) is 124 cm³/mol. The van der Waals surface area contributed by atoms with Crippen LogP contribution in [0.2, 0.25) is 0 Å². The summed E-state index contributed by atoms with van der Waals surface area (Å²) in [4.78, 5) is 7.08. The van der Waals surface area contributed by atoms with Gasteiger partial charge >= 0.3 is 0 Å². The second kappa shape index (κ2) is 8.05. The van der Waals surface area contributed by atoms with Crippen molar-refractivity contribution in [3.63, 3.8) is 0 Å². The number of para-hydroxylation sites is 2. The van der Waals surface area contributed by atoms with E-state index in [-0.39, 0.29) is 11.7 Å². The molecule has 1 spiro atoms. The number of aromatic nitrogens is 1. The minimum atomic E-state index is -0.177. The van der Waals surface area contributed by atoms with Crippen molar-refractivity contribution in [1.29, 1.82) is 0 Å². The molecule has 32 heavy (non-hydrogen) atoms. The molecule has 0 aliphatic carbocycles. The van der Waals surface area contributed by atoms with Crippen LogP contribution in [-0.2, 0) is 11.3 Å². The Hall–Kier alpha value is -2.63. The van der Waals surface area contributed by atoms with Crippen LogP contribution in [0.15, 0.2) is 54.7 Å². The van der Waals surface area contributed by atoms with Crippen LogP contribution in [0.25, 0.3) is 10.9 Å². The highest BCUT2D eigenvalue weighted by Crippen LogP contribution is 2.55. The summed E-state index contributed by atoms with van der Waals surface area (Å²) in [6, 6.07) is 16.8. The van der Waals surface area contributed by atoms with Gasteiger partial charge in [-0.25, -0.2) is 0 Å². The molecule has 5 heteroatoms. The number of hydrogen-bond donors (Lipinski definition) is 0. The molecule has 3 aliphatic rings. The van der Waals surface area contributed by atoms with Crippen LogP contribution in [0.1, 0.15) is 42.9 Å². The van der Waals surface area contributed by atoms with Gasteiger partial charge in [-0.05, 0) is 36.6 Å². The maximum atomic E-state index is 6.88. The van der Waals surface area contributed by atoms with E-state index in [9.17, 15) is 0 Å². The van der Waals surface area contributed by atoms with E-state index in [4.69, 9.17) is 14.2 Å². The average Bonchev–Trinajstić information content (AvgIpc) is 2.86. The molecule has 166 valence electrons. The van der Waals surface area contributed by atoms with E-state index in [2.05, 4.69) is 52.3 Å². The zero-order valence-electron chi connectivity index (χ0n) is 18.6. The summed E-state index contributed by atoms with van der Waals surface area (Å²) >= 11 is 0. The van der Waals surface area contributed by atoms with E-state index < -0.39 is 0 Å². The van der Waals surface area contributed by atoms with Crippen LogP contribution < -0.4 is 9.47 Å². The van der Waals surface area contributed by atoms with Crippen LogP contribution in [0.3, 0.4) is 0 Å². The highest BCUT2D eigenvalue weighted by molar-refractivity contribution is 5.81. The molecule has 1 aromatic heterocycles. The van der Waals surface area contributed by atoms with Gasteiger partial charge < -0.3 is 14.2 Å². The highest BCUT2D eigenvalue weighted by atomic mass is 16.5. The Morgan fingerprint density at radius 3 is 2.84 bits per heavy atom. The number of ether oxygens (including phenoxy) is 3. The topological polar surface area (TPSA) is 43.8 Å². The lowest BCUT2D eigenvalue weighted by atomic mass is 9.70. The second-order valence-corrected chi connectivity index (χ2v) is 9.35. The van der Waals surface area contributed by atoms with Crippen LogP contribution in [0.4, 0.5) is 0 Å². The van der Waals surface area contributed by atoms with Gasteiger partial charge in [-0.15, -0.1) is 0 Å². The summed E-state index contributed by atoms with van der Waals surface area (Å²) in [5, 5.41) is 1.25. The number of fused-ring (bicyclic) bond motifs is 5. The van der Waals surface area contributed by atoms with Crippen LogP contribution >= 0.6 is 0 Å². The summed E-state index contributed by atoms with van der Waals surface area (Å²) in [6.07, 6.45) is 6.34. The first-order valence-electron chi connectivity index (χ1n) is 11.8. The molecular weight excluding hydrogens is 400 g/mol. The van der Waals surface area contributed by atoms with E-state index in [1.54, 1.807) is 7.11 Å². The smallest absolute Gasteiger partial charge is 0.167 e. The molecule has 4 heterocycles. The van der Waals surface area contributed by atoms with Gasteiger partial charge in [0, 0.05) is 62.1 Å². The third-order valence-corrected chi connectivity index (χ3v) is 7.67. The molecule has 3 aliphatic heterocycles. The lowest BCUT2D eigenvalue weighted by Gasteiger charge is -2.53. The van der Waals surface area contributed by atoms with Gasteiger partial charge in [-0.2, -0.15) is 0 Å². The first-order chi connectivity index (χ1) is 15.8. The lowest BCUT2D eigenvalue weighted by Crippen LogP contribution is -2.57. The summed E-state index contributed by atoms with van der Waals surface area (Å²) in [5.41, 5.74) is 3.40. The van der Waals surface area contributed by atoms with Crippen molar-refractivity contribution in [3.8, 4) is 11.5 Å². The number of benzene rings is 2. The largest absolute Gasteiger partial charge is 0.493 e. The van der Waals surface area contributed by atoms with Crippen molar-refractivity contribution in [1.82, 2.24) is 9.88 Å². The van der Waals surface area contributed by atoms with Crippen molar-refractivity contribution >= 4 is 10.9 Å².